The Morgan fingerprint density at radius 2 is 2.11 bits per heavy atom. The Morgan fingerprint density at radius 3 is 2.96 bits per heavy atom. The molecule has 1 aliphatic rings. The topological polar surface area (TPSA) is 64.1 Å². The molecule has 0 unspecified atom stereocenters. The minimum Gasteiger partial charge on any atom is -0.478 e. The second kappa shape index (κ2) is 8.52. The van der Waals surface area contributed by atoms with Crippen LogP contribution in [0.5, 0.6) is 5.88 Å². The summed E-state index contributed by atoms with van der Waals surface area (Å²) in [5, 5.41) is 4.14. The van der Waals surface area contributed by atoms with Crippen molar-refractivity contribution in [1.82, 2.24) is 15.3 Å². The molecule has 2 atom stereocenters. The first-order valence-electron chi connectivity index (χ1n) is 9.60. The van der Waals surface area contributed by atoms with Crippen LogP contribution in [0.2, 0.25) is 0 Å². The van der Waals surface area contributed by atoms with Gasteiger partial charge in [0.25, 0.3) is 0 Å². The molecular formula is C22H23N3O2S. The van der Waals surface area contributed by atoms with Gasteiger partial charge < -0.3 is 10.1 Å². The number of fused-ring (bicyclic) bond motifs is 1. The van der Waals surface area contributed by atoms with Crippen molar-refractivity contribution in [3.63, 3.8) is 0 Å². The van der Waals surface area contributed by atoms with E-state index in [0.29, 0.717) is 19.0 Å². The van der Waals surface area contributed by atoms with Crippen molar-refractivity contribution in [3.05, 3.63) is 65.3 Å². The second-order valence-electron chi connectivity index (χ2n) is 6.83. The molecule has 1 N–H and O–H groups in total. The van der Waals surface area contributed by atoms with Crippen molar-refractivity contribution in [2.45, 2.75) is 32.2 Å². The van der Waals surface area contributed by atoms with Gasteiger partial charge in [-0.3, -0.25) is 4.79 Å². The first kappa shape index (κ1) is 18.6. The van der Waals surface area contributed by atoms with Gasteiger partial charge in [-0.15, -0.1) is 11.3 Å². The minimum atomic E-state index is -0.0984. The Balaban J connectivity index is 1.47. The number of nitrogens with zero attached hydrogens (tertiary/aromatic N) is 2. The average molecular weight is 394 g/mol. The van der Waals surface area contributed by atoms with E-state index in [4.69, 9.17) is 9.72 Å². The van der Waals surface area contributed by atoms with Gasteiger partial charge in [-0.2, -0.15) is 0 Å². The molecule has 1 aromatic carbocycles. The monoisotopic (exact) mass is 393 g/mol. The molecule has 0 radical (unpaired) electrons. The molecule has 0 bridgehead atoms. The van der Waals surface area contributed by atoms with E-state index in [0.717, 1.165) is 28.9 Å². The molecule has 5 nitrogen and oxygen atoms in total. The largest absolute Gasteiger partial charge is 0.478 e. The zero-order chi connectivity index (χ0) is 19.3. The second-order valence-corrected chi connectivity index (χ2v) is 7.89. The lowest BCUT2D eigenvalue weighted by molar-refractivity contribution is -0.125. The minimum absolute atomic E-state index is 0.0726. The van der Waals surface area contributed by atoms with Crippen LogP contribution in [0, 0.1) is 5.92 Å². The summed E-state index contributed by atoms with van der Waals surface area (Å²) in [6.45, 7) is 2.96. The fraction of sp³-hybridized carbons (Fsp3) is 0.318. The number of benzene rings is 1. The molecule has 0 spiro atoms. The Hall–Kier alpha value is -2.73. The van der Waals surface area contributed by atoms with Gasteiger partial charge in [-0.1, -0.05) is 24.3 Å². The van der Waals surface area contributed by atoms with Gasteiger partial charge in [0.15, 0.2) is 0 Å². The fourth-order valence-corrected chi connectivity index (χ4v) is 4.68. The van der Waals surface area contributed by atoms with E-state index in [2.05, 4.69) is 28.5 Å². The van der Waals surface area contributed by atoms with E-state index in [1.807, 2.05) is 37.3 Å². The van der Waals surface area contributed by atoms with Crippen molar-refractivity contribution >= 4 is 27.5 Å². The summed E-state index contributed by atoms with van der Waals surface area (Å²) in [5.41, 5.74) is 1.99. The Morgan fingerprint density at radius 1 is 1.25 bits per heavy atom. The number of para-hydroxylation sites is 1. The van der Waals surface area contributed by atoms with Gasteiger partial charge in [0.1, 0.15) is 0 Å². The Kier molecular flexibility index (Phi) is 5.67. The third-order valence-corrected chi connectivity index (χ3v) is 6.12. The SMILES string of the molecule is CCOc1cc(CNC(=O)[C@H]2CC=CC[C@@H]2c2nc3ccccc3s2)ccn1. The highest BCUT2D eigenvalue weighted by Gasteiger charge is 2.32. The summed E-state index contributed by atoms with van der Waals surface area (Å²) in [6.07, 6.45) is 7.57. The molecule has 4 rings (SSSR count). The smallest absolute Gasteiger partial charge is 0.224 e. The highest BCUT2D eigenvalue weighted by Crippen LogP contribution is 2.38. The number of ether oxygens (including phenoxy) is 1. The van der Waals surface area contributed by atoms with Crippen LogP contribution in [0.1, 0.15) is 36.3 Å². The predicted molar refractivity (Wildman–Crippen MR) is 111 cm³/mol. The van der Waals surface area contributed by atoms with Crippen LogP contribution in [0.25, 0.3) is 10.2 Å². The number of nitrogens with one attached hydrogen (secondary N) is 1. The highest BCUT2D eigenvalue weighted by molar-refractivity contribution is 7.18. The van der Waals surface area contributed by atoms with Crippen LogP contribution < -0.4 is 10.1 Å². The van der Waals surface area contributed by atoms with E-state index in [1.165, 1.54) is 4.70 Å². The van der Waals surface area contributed by atoms with Crippen LogP contribution in [0.3, 0.4) is 0 Å². The molecule has 1 aliphatic carbocycles. The van der Waals surface area contributed by atoms with Gasteiger partial charge in [0, 0.05) is 24.7 Å². The van der Waals surface area contributed by atoms with Gasteiger partial charge in [-0.05, 0) is 43.5 Å². The van der Waals surface area contributed by atoms with E-state index < -0.39 is 0 Å². The summed E-state index contributed by atoms with van der Waals surface area (Å²) in [6, 6.07) is 11.9. The number of hydrogen-bond acceptors (Lipinski definition) is 5. The van der Waals surface area contributed by atoms with Crippen molar-refractivity contribution in [2.24, 2.45) is 5.92 Å². The predicted octanol–water partition coefficient (Wildman–Crippen LogP) is 4.46. The lowest BCUT2D eigenvalue weighted by Crippen LogP contribution is -2.34. The first-order chi connectivity index (χ1) is 13.7. The summed E-state index contributed by atoms with van der Waals surface area (Å²) in [4.78, 5) is 21.9. The number of carbonyl (C=O) groups is 1. The number of aromatic nitrogens is 2. The molecule has 1 amide bonds. The number of thiazole rings is 1. The molecule has 0 aliphatic heterocycles. The van der Waals surface area contributed by atoms with Gasteiger partial charge >= 0.3 is 0 Å². The lowest BCUT2D eigenvalue weighted by Gasteiger charge is -2.26. The maximum absolute atomic E-state index is 13.0. The zero-order valence-corrected chi connectivity index (χ0v) is 16.6. The molecular weight excluding hydrogens is 370 g/mol. The fourth-order valence-electron chi connectivity index (χ4n) is 3.53. The molecule has 0 saturated carbocycles. The standard InChI is InChI=1S/C22H23N3O2S/c1-2-27-20-13-15(11-12-23-20)14-24-21(26)16-7-3-4-8-17(16)22-25-18-9-5-6-10-19(18)28-22/h3-6,9-13,16-17H,2,7-8,14H2,1H3,(H,24,26)/t16-,17-/m0/s1. The maximum Gasteiger partial charge on any atom is 0.224 e. The number of hydrogen-bond donors (Lipinski definition) is 1. The number of rotatable bonds is 6. The van der Waals surface area contributed by atoms with E-state index >= 15 is 0 Å². The quantitative estimate of drug-likeness (QED) is 0.628. The van der Waals surface area contributed by atoms with E-state index in [-0.39, 0.29) is 17.7 Å². The normalized spacial score (nSPS) is 18.9. The summed E-state index contributed by atoms with van der Waals surface area (Å²) >= 11 is 1.70. The molecule has 6 heteroatoms. The zero-order valence-electron chi connectivity index (χ0n) is 15.8. The number of pyridine rings is 1. The summed E-state index contributed by atoms with van der Waals surface area (Å²) in [7, 11) is 0. The molecule has 2 aromatic heterocycles. The van der Waals surface area contributed by atoms with Crippen LogP contribution in [0.4, 0.5) is 0 Å². The molecule has 0 saturated heterocycles. The highest BCUT2D eigenvalue weighted by atomic mass is 32.1. The summed E-state index contributed by atoms with van der Waals surface area (Å²) < 4.78 is 6.61. The number of amides is 1. The number of carbonyl (C=O) groups excluding carboxylic acids is 1. The van der Waals surface area contributed by atoms with Crippen LogP contribution in [-0.2, 0) is 11.3 Å². The van der Waals surface area contributed by atoms with Crippen LogP contribution >= 0.6 is 11.3 Å². The van der Waals surface area contributed by atoms with Gasteiger partial charge in [0.05, 0.1) is 27.7 Å². The number of allylic oxidation sites excluding steroid dienone is 2. The molecule has 144 valence electrons. The average Bonchev–Trinajstić information content (AvgIpc) is 3.17. The maximum atomic E-state index is 13.0. The van der Waals surface area contributed by atoms with Crippen molar-refractivity contribution in [3.8, 4) is 5.88 Å². The molecule has 0 fully saturated rings. The lowest BCUT2D eigenvalue weighted by atomic mass is 9.82. The van der Waals surface area contributed by atoms with Crippen molar-refractivity contribution in [2.75, 3.05) is 6.61 Å². The summed E-state index contributed by atoms with van der Waals surface area (Å²) in [5.74, 6) is 0.683. The van der Waals surface area contributed by atoms with Crippen LogP contribution in [-0.4, -0.2) is 22.5 Å². The molecule has 3 aromatic rings. The van der Waals surface area contributed by atoms with Crippen LogP contribution in [0.15, 0.2) is 54.7 Å². The third-order valence-electron chi connectivity index (χ3n) is 4.96. The Labute approximate surface area is 168 Å². The van der Waals surface area contributed by atoms with Gasteiger partial charge in [-0.25, -0.2) is 9.97 Å². The Bertz CT molecular complexity index is 965. The molecule has 28 heavy (non-hydrogen) atoms. The molecule has 2 heterocycles. The first-order valence-corrected chi connectivity index (χ1v) is 10.4. The van der Waals surface area contributed by atoms with Crippen molar-refractivity contribution in [1.29, 1.82) is 0 Å². The third kappa shape index (κ3) is 4.07. The van der Waals surface area contributed by atoms with Gasteiger partial charge in [0.2, 0.25) is 11.8 Å². The van der Waals surface area contributed by atoms with E-state index in [9.17, 15) is 4.79 Å². The van der Waals surface area contributed by atoms with E-state index in [1.54, 1.807) is 17.5 Å². The van der Waals surface area contributed by atoms with Crippen molar-refractivity contribution < 1.29 is 9.53 Å².